The van der Waals surface area contributed by atoms with Crippen LogP contribution in [0.1, 0.15) is 43.7 Å². The Labute approximate surface area is 233 Å². The van der Waals surface area contributed by atoms with Crippen LogP contribution in [0.3, 0.4) is 0 Å². The zero-order valence-corrected chi connectivity index (χ0v) is 21.9. The number of anilines is 2. The van der Waals surface area contributed by atoms with Gasteiger partial charge in [0.25, 0.3) is 11.8 Å². The average molecular weight is 572 g/mol. The summed E-state index contributed by atoms with van der Waals surface area (Å²) in [6.45, 7) is 0. The summed E-state index contributed by atoms with van der Waals surface area (Å²) < 4.78 is 41.7. The van der Waals surface area contributed by atoms with Crippen molar-refractivity contribution in [3.8, 4) is 0 Å². The molecular formula is C28H25ClF3N5O3. The van der Waals surface area contributed by atoms with Crippen molar-refractivity contribution in [2.24, 2.45) is 0 Å². The molecule has 1 unspecified atom stereocenters. The van der Waals surface area contributed by atoms with Gasteiger partial charge in [-0.25, -0.2) is 23.1 Å². The maximum atomic E-state index is 14.5. The van der Waals surface area contributed by atoms with Crippen LogP contribution in [0, 0.1) is 5.82 Å². The van der Waals surface area contributed by atoms with Crippen molar-refractivity contribution in [3.05, 3.63) is 83.4 Å². The second-order valence-electron chi connectivity index (χ2n) is 9.80. The summed E-state index contributed by atoms with van der Waals surface area (Å²) in [4.78, 5) is 51.9. The number of carbonyl (C=O) groups is 3. The number of hydrogen-bond donors (Lipinski definition) is 1. The third kappa shape index (κ3) is 5.65. The van der Waals surface area contributed by atoms with E-state index in [-0.39, 0.29) is 41.0 Å². The van der Waals surface area contributed by atoms with E-state index in [4.69, 9.17) is 11.6 Å². The van der Waals surface area contributed by atoms with Gasteiger partial charge in [0.1, 0.15) is 17.9 Å². The van der Waals surface area contributed by atoms with Crippen molar-refractivity contribution in [1.82, 2.24) is 15.3 Å². The Bertz CT molecular complexity index is 1420. The first kappa shape index (κ1) is 27.6. The lowest BCUT2D eigenvalue weighted by atomic mass is 9.87. The number of alkyl halides is 2. The monoisotopic (exact) mass is 571 g/mol. The van der Waals surface area contributed by atoms with E-state index in [0.29, 0.717) is 6.42 Å². The lowest BCUT2D eigenvalue weighted by Gasteiger charge is -2.41. The highest BCUT2D eigenvalue weighted by atomic mass is 35.5. The maximum absolute atomic E-state index is 14.5. The molecule has 1 aromatic heterocycles. The molecule has 1 saturated carbocycles. The van der Waals surface area contributed by atoms with Gasteiger partial charge in [0.15, 0.2) is 0 Å². The van der Waals surface area contributed by atoms with Crippen LogP contribution in [-0.4, -0.2) is 45.7 Å². The number of amides is 3. The highest BCUT2D eigenvalue weighted by Gasteiger charge is 2.48. The summed E-state index contributed by atoms with van der Waals surface area (Å²) >= 11 is 6.50. The number of benzene rings is 2. The summed E-state index contributed by atoms with van der Waals surface area (Å²) in [5, 5.41) is 2.74. The van der Waals surface area contributed by atoms with Gasteiger partial charge in [-0.2, -0.15) is 0 Å². The minimum Gasteiger partial charge on any atom is -0.351 e. The molecule has 2 fully saturated rings. The van der Waals surface area contributed by atoms with Crippen molar-refractivity contribution < 1.29 is 27.6 Å². The van der Waals surface area contributed by atoms with Crippen molar-refractivity contribution in [2.45, 2.75) is 56.2 Å². The molecular weight excluding hydrogens is 547 g/mol. The van der Waals surface area contributed by atoms with Crippen LogP contribution >= 0.6 is 11.6 Å². The molecule has 208 valence electrons. The number of rotatable bonds is 7. The first-order valence-corrected chi connectivity index (χ1v) is 13.1. The van der Waals surface area contributed by atoms with Crippen molar-refractivity contribution in [2.75, 3.05) is 9.80 Å². The topological polar surface area (TPSA) is 95.5 Å². The van der Waals surface area contributed by atoms with Crippen LogP contribution in [0.4, 0.5) is 24.8 Å². The predicted molar refractivity (Wildman–Crippen MR) is 141 cm³/mol. The fourth-order valence-corrected chi connectivity index (χ4v) is 5.34. The molecule has 0 spiro atoms. The molecule has 1 saturated heterocycles. The summed E-state index contributed by atoms with van der Waals surface area (Å²) in [6.07, 6.45) is 2.55. The maximum Gasteiger partial charge on any atom is 0.252 e. The molecule has 0 radical (unpaired) electrons. The van der Waals surface area contributed by atoms with Crippen LogP contribution < -0.4 is 15.1 Å². The molecule has 3 amide bonds. The van der Waals surface area contributed by atoms with Crippen LogP contribution in [0.15, 0.2) is 67.0 Å². The molecule has 2 atom stereocenters. The third-order valence-corrected chi connectivity index (χ3v) is 7.31. The molecule has 2 aliphatic rings. The van der Waals surface area contributed by atoms with Crippen LogP contribution in [0.2, 0.25) is 5.02 Å². The first-order valence-electron chi connectivity index (χ1n) is 12.7. The van der Waals surface area contributed by atoms with Crippen LogP contribution in [0.25, 0.3) is 0 Å². The van der Waals surface area contributed by atoms with Crippen molar-refractivity contribution in [3.63, 3.8) is 0 Å². The zero-order chi connectivity index (χ0) is 28.4. The number of nitrogens with one attached hydrogen (secondary N) is 1. The quantitative estimate of drug-likeness (QED) is 0.438. The zero-order valence-electron chi connectivity index (χ0n) is 21.1. The molecule has 40 heavy (non-hydrogen) atoms. The minimum absolute atomic E-state index is 0.0141. The molecule has 12 heteroatoms. The lowest BCUT2D eigenvalue weighted by Crippen LogP contribution is -2.58. The fraction of sp³-hybridized carbons (Fsp3) is 0.321. The number of carbonyl (C=O) groups excluding carboxylic acids is 3. The highest BCUT2D eigenvalue weighted by Crippen LogP contribution is 2.39. The van der Waals surface area contributed by atoms with Gasteiger partial charge >= 0.3 is 0 Å². The Kier molecular flexibility index (Phi) is 7.75. The van der Waals surface area contributed by atoms with E-state index in [0.717, 1.165) is 11.0 Å². The lowest BCUT2D eigenvalue weighted by molar-refractivity contribution is -0.133. The van der Waals surface area contributed by atoms with Crippen molar-refractivity contribution >= 4 is 41.0 Å². The summed E-state index contributed by atoms with van der Waals surface area (Å²) in [5.74, 6) is -5.41. The SMILES string of the molecule is O=C(NC1CC(F)(F)C1)C(c1ccccc1Cl)N(C(=O)[C@@H]1CCCC(=O)N1c1ncccn1)c1cccc(F)c1. The van der Waals surface area contributed by atoms with E-state index in [1.807, 2.05) is 0 Å². The third-order valence-electron chi connectivity index (χ3n) is 6.97. The molecule has 1 aliphatic carbocycles. The van der Waals surface area contributed by atoms with Gasteiger partial charge in [-0.1, -0.05) is 35.9 Å². The van der Waals surface area contributed by atoms with Gasteiger partial charge in [0.05, 0.1) is 0 Å². The van der Waals surface area contributed by atoms with E-state index in [9.17, 15) is 27.6 Å². The molecule has 8 nitrogen and oxygen atoms in total. The number of halogens is 4. The smallest absolute Gasteiger partial charge is 0.252 e. The van der Waals surface area contributed by atoms with Gasteiger partial charge in [-0.15, -0.1) is 0 Å². The van der Waals surface area contributed by atoms with Gasteiger partial charge < -0.3 is 5.32 Å². The van der Waals surface area contributed by atoms with E-state index in [2.05, 4.69) is 15.3 Å². The Balaban J connectivity index is 1.61. The molecule has 2 heterocycles. The van der Waals surface area contributed by atoms with Crippen LogP contribution in [-0.2, 0) is 14.4 Å². The number of piperidine rings is 1. The molecule has 2 aromatic carbocycles. The number of nitrogens with zero attached hydrogens (tertiary/aromatic N) is 4. The van der Waals surface area contributed by atoms with E-state index >= 15 is 0 Å². The first-order chi connectivity index (χ1) is 19.1. The molecule has 1 N–H and O–H groups in total. The Morgan fingerprint density at radius 2 is 1.80 bits per heavy atom. The fourth-order valence-electron chi connectivity index (χ4n) is 5.10. The normalized spacial score (nSPS) is 19.4. The van der Waals surface area contributed by atoms with E-state index in [1.54, 1.807) is 18.2 Å². The van der Waals surface area contributed by atoms with E-state index in [1.165, 1.54) is 47.6 Å². The van der Waals surface area contributed by atoms with Gasteiger partial charge in [-0.3, -0.25) is 24.2 Å². The molecule has 5 rings (SSSR count). The van der Waals surface area contributed by atoms with Crippen molar-refractivity contribution in [1.29, 1.82) is 0 Å². The summed E-state index contributed by atoms with van der Waals surface area (Å²) in [6, 6.07) is 9.55. The predicted octanol–water partition coefficient (Wildman–Crippen LogP) is 4.84. The van der Waals surface area contributed by atoms with Gasteiger partial charge in [-0.05, 0) is 43.2 Å². The largest absolute Gasteiger partial charge is 0.351 e. The van der Waals surface area contributed by atoms with Gasteiger partial charge in [0, 0.05) is 54.0 Å². The summed E-state index contributed by atoms with van der Waals surface area (Å²) in [7, 11) is 0. The van der Waals surface area contributed by atoms with E-state index < -0.39 is 54.5 Å². The minimum atomic E-state index is -2.89. The molecule has 0 bridgehead atoms. The number of hydrogen-bond acceptors (Lipinski definition) is 5. The average Bonchev–Trinajstić information content (AvgIpc) is 2.91. The molecule has 1 aliphatic heterocycles. The Hall–Kier alpha value is -3.99. The van der Waals surface area contributed by atoms with Gasteiger partial charge in [0.2, 0.25) is 17.8 Å². The highest BCUT2D eigenvalue weighted by molar-refractivity contribution is 6.31. The number of aromatic nitrogens is 2. The second kappa shape index (κ2) is 11.2. The molecule has 3 aromatic rings. The Morgan fingerprint density at radius 3 is 2.48 bits per heavy atom. The standard InChI is InChI=1S/C28H25ClF3N5O3/c29-21-9-2-1-8-20(21)24(25(39)35-18-15-28(31,32)16-18)36(19-7-3-6-17(30)14-19)26(40)22-10-4-11-23(38)37(22)27-33-12-5-13-34-27/h1-3,5-9,12-14,18,22,24H,4,10-11,15-16H2,(H,35,39)/t22-,24?/m0/s1. The Morgan fingerprint density at radius 1 is 1.07 bits per heavy atom. The summed E-state index contributed by atoms with van der Waals surface area (Å²) in [5.41, 5.74) is 0.228. The van der Waals surface area contributed by atoms with Crippen LogP contribution in [0.5, 0.6) is 0 Å². The second-order valence-corrected chi connectivity index (χ2v) is 10.2.